The van der Waals surface area contributed by atoms with Crippen molar-refractivity contribution in [2.24, 2.45) is 0 Å². The maximum Gasteiger partial charge on any atom is 0.315 e. The number of urea groups is 1. The molecule has 0 aliphatic rings. The highest BCUT2D eigenvalue weighted by Crippen LogP contribution is 2.20. The Hall–Kier alpha value is -2.19. The van der Waals surface area contributed by atoms with E-state index in [1.807, 2.05) is 0 Å². The van der Waals surface area contributed by atoms with Crippen molar-refractivity contribution in [3.8, 4) is 0 Å². The van der Waals surface area contributed by atoms with Gasteiger partial charge in [0.2, 0.25) is 5.89 Å². The molecule has 0 aliphatic carbocycles. The molecule has 2 amide bonds. The number of carbonyl (C=O) groups is 1. The molecule has 1 heterocycles. The van der Waals surface area contributed by atoms with E-state index in [2.05, 4.69) is 20.8 Å². The van der Waals surface area contributed by atoms with E-state index in [9.17, 15) is 14.3 Å². The van der Waals surface area contributed by atoms with Crippen LogP contribution in [0.2, 0.25) is 5.02 Å². The fraction of sp³-hybridized carbons (Fsp3) is 0.308. The summed E-state index contributed by atoms with van der Waals surface area (Å²) in [7, 11) is 0. The average molecular weight is 329 g/mol. The molecule has 1 aromatic carbocycles. The number of aryl methyl sites for hydroxylation is 1. The fourth-order valence-electron chi connectivity index (χ4n) is 1.74. The van der Waals surface area contributed by atoms with Crippen molar-refractivity contribution in [1.29, 1.82) is 0 Å². The summed E-state index contributed by atoms with van der Waals surface area (Å²) >= 11 is 5.59. The zero-order valence-electron chi connectivity index (χ0n) is 11.6. The lowest BCUT2D eigenvalue weighted by Gasteiger charge is -2.17. The number of amides is 2. The Morgan fingerprint density at radius 3 is 2.91 bits per heavy atom. The molecule has 1 unspecified atom stereocenters. The van der Waals surface area contributed by atoms with Crippen molar-refractivity contribution in [2.45, 2.75) is 19.5 Å². The predicted octanol–water partition coefficient (Wildman–Crippen LogP) is 1.70. The lowest BCUT2D eigenvalue weighted by atomic mass is 10.1. The number of rotatable bonds is 5. The summed E-state index contributed by atoms with van der Waals surface area (Å²) in [5, 5.41) is 17.9. The zero-order chi connectivity index (χ0) is 16.1. The molecule has 9 heteroatoms. The van der Waals surface area contributed by atoms with Crippen LogP contribution in [0.4, 0.5) is 9.18 Å². The van der Waals surface area contributed by atoms with Crippen molar-refractivity contribution in [1.82, 2.24) is 20.8 Å². The van der Waals surface area contributed by atoms with E-state index in [0.717, 1.165) is 6.07 Å². The van der Waals surface area contributed by atoms with Crippen LogP contribution in [0.1, 0.15) is 23.3 Å². The van der Waals surface area contributed by atoms with Crippen LogP contribution in [0, 0.1) is 12.7 Å². The maximum atomic E-state index is 13.4. The second kappa shape index (κ2) is 7.19. The lowest BCUT2D eigenvalue weighted by molar-refractivity contribution is 0.215. The molecule has 0 spiro atoms. The van der Waals surface area contributed by atoms with Crippen molar-refractivity contribution in [3.05, 3.63) is 46.3 Å². The van der Waals surface area contributed by atoms with Gasteiger partial charge in [0.15, 0.2) is 5.82 Å². The Morgan fingerprint density at radius 1 is 1.55 bits per heavy atom. The molecule has 2 rings (SSSR count). The van der Waals surface area contributed by atoms with Crippen LogP contribution in [0.15, 0.2) is 22.7 Å². The monoisotopic (exact) mass is 328 g/mol. The second-order valence-electron chi connectivity index (χ2n) is 4.47. The number of benzene rings is 1. The Morgan fingerprint density at radius 2 is 2.32 bits per heavy atom. The highest BCUT2D eigenvalue weighted by atomic mass is 35.5. The van der Waals surface area contributed by atoms with Gasteiger partial charge in [-0.3, -0.25) is 0 Å². The van der Waals surface area contributed by atoms with Crippen molar-refractivity contribution in [3.63, 3.8) is 0 Å². The summed E-state index contributed by atoms with van der Waals surface area (Å²) in [6.45, 7) is 1.30. The Kier molecular flexibility index (Phi) is 5.29. The van der Waals surface area contributed by atoms with Crippen molar-refractivity contribution >= 4 is 17.6 Å². The molecule has 0 radical (unpaired) electrons. The second-order valence-corrected chi connectivity index (χ2v) is 4.88. The molecule has 0 aliphatic heterocycles. The minimum Gasteiger partial charge on any atom is -0.394 e. The van der Waals surface area contributed by atoms with Gasteiger partial charge in [0.05, 0.1) is 24.2 Å². The largest absolute Gasteiger partial charge is 0.394 e. The molecule has 1 atom stereocenters. The number of aromatic nitrogens is 2. The standard InChI is InChI=1S/C13H14ClFN4O3/c1-7-17-12(22-19-7)5-16-13(21)18-11(6-20)8-2-3-9(14)10(15)4-8/h2-4,11,20H,5-6H2,1H3,(H2,16,18,21). The maximum absolute atomic E-state index is 13.4. The highest BCUT2D eigenvalue weighted by Gasteiger charge is 2.15. The SMILES string of the molecule is Cc1noc(CNC(=O)NC(CO)c2ccc(Cl)c(F)c2)n1. The van der Waals surface area contributed by atoms with Gasteiger partial charge in [-0.1, -0.05) is 22.8 Å². The summed E-state index contributed by atoms with van der Waals surface area (Å²) in [4.78, 5) is 15.7. The first-order chi connectivity index (χ1) is 10.5. The van der Waals surface area contributed by atoms with E-state index >= 15 is 0 Å². The molecule has 0 fully saturated rings. The van der Waals surface area contributed by atoms with E-state index < -0.39 is 24.5 Å². The third-order valence-corrected chi connectivity index (χ3v) is 3.11. The minimum absolute atomic E-state index is 0.0309. The van der Waals surface area contributed by atoms with Gasteiger partial charge in [0.1, 0.15) is 5.82 Å². The van der Waals surface area contributed by atoms with Crippen LogP contribution in [-0.4, -0.2) is 27.9 Å². The quantitative estimate of drug-likeness (QED) is 0.775. The van der Waals surface area contributed by atoms with Gasteiger partial charge >= 0.3 is 6.03 Å². The first-order valence-electron chi connectivity index (χ1n) is 6.39. The molecule has 22 heavy (non-hydrogen) atoms. The number of halogens is 2. The van der Waals surface area contributed by atoms with Gasteiger partial charge in [0, 0.05) is 0 Å². The number of carbonyl (C=O) groups excluding carboxylic acids is 1. The summed E-state index contributed by atoms with van der Waals surface area (Å²) in [5.74, 6) is 0.0916. The zero-order valence-corrected chi connectivity index (χ0v) is 12.4. The van der Waals surface area contributed by atoms with Gasteiger partial charge in [-0.15, -0.1) is 0 Å². The van der Waals surface area contributed by atoms with E-state index in [-0.39, 0.29) is 17.5 Å². The summed E-state index contributed by atoms with van der Waals surface area (Å²) < 4.78 is 18.3. The number of hydrogen-bond donors (Lipinski definition) is 3. The van der Waals surface area contributed by atoms with Gasteiger partial charge in [-0.05, 0) is 24.6 Å². The smallest absolute Gasteiger partial charge is 0.315 e. The van der Waals surface area contributed by atoms with Gasteiger partial charge in [-0.2, -0.15) is 4.98 Å². The van der Waals surface area contributed by atoms with Gasteiger partial charge in [0.25, 0.3) is 0 Å². The number of aliphatic hydroxyl groups excluding tert-OH is 1. The summed E-state index contributed by atoms with van der Waals surface area (Å²) in [6.07, 6.45) is 0. The normalized spacial score (nSPS) is 12.0. The molecule has 3 N–H and O–H groups in total. The third-order valence-electron chi connectivity index (χ3n) is 2.80. The number of aliphatic hydroxyl groups is 1. The molecule has 7 nitrogen and oxygen atoms in total. The third kappa shape index (κ3) is 4.15. The lowest BCUT2D eigenvalue weighted by Crippen LogP contribution is -2.39. The van der Waals surface area contributed by atoms with Crippen LogP contribution >= 0.6 is 11.6 Å². The predicted molar refractivity (Wildman–Crippen MR) is 75.6 cm³/mol. The van der Waals surface area contributed by atoms with Crippen LogP contribution < -0.4 is 10.6 Å². The van der Waals surface area contributed by atoms with Gasteiger partial charge < -0.3 is 20.3 Å². The number of hydrogen-bond acceptors (Lipinski definition) is 5. The first kappa shape index (κ1) is 16.2. The van der Waals surface area contributed by atoms with E-state index in [0.29, 0.717) is 11.4 Å². The number of nitrogens with zero attached hydrogens (tertiary/aromatic N) is 2. The highest BCUT2D eigenvalue weighted by molar-refractivity contribution is 6.30. The molecule has 0 saturated carbocycles. The number of nitrogens with one attached hydrogen (secondary N) is 2. The topological polar surface area (TPSA) is 100 Å². The molecule has 1 aromatic heterocycles. The van der Waals surface area contributed by atoms with Crippen LogP contribution in [-0.2, 0) is 6.54 Å². The Bertz CT molecular complexity index is 664. The van der Waals surface area contributed by atoms with Gasteiger partial charge in [-0.25, -0.2) is 9.18 Å². The van der Waals surface area contributed by atoms with Crippen LogP contribution in [0.25, 0.3) is 0 Å². The summed E-state index contributed by atoms with van der Waals surface area (Å²) in [5.41, 5.74) is 0.396. The van der Waals surface area contributed by atoms with Crippen LogP contribution in [0.3, 0.4) is 0 Å². The first-order valence-corrected chi connectivity index (χ1v) is 6.76. The molecular formula is C13H14ClFN4O3. The molecule has 0 bridgehead atoms. The van der Waals surface area contributed by atoms with E-state index in [1.165, 1.54) is 12.1 Å². The average Bonchev–Trinajstić information content (AvgIpc) is 2.91. The Balaban J connectivity index is 1.94. The van der Waals surface area contributed by atoms with E-state index in [1.54, 1.807) is 6.92 Å². The molecule has 118 valence electrons. The fourth-order valence-corrected chi connectivity index (χ4v) is 1.86. The molecule has 2 aromatic rings. The Labute approximate surface area is 130 Å². The van der Waals surface area contributed by atoms with Crippen molar-refractivity contribution in [2.75, 3.05) is 6.61 Å². The molecule has 0 saturated heterocycles. The van der Waals surface area contributed by atoms with E-state index in [4.69, 9.17) is 16.1 Å². The minimum atomic E-state index is -0.767. The molecular weight excluding hydrogens is 315 g/mol. The van der Waals surface area contributed by atoms with Crippen LogP contribution in [0.5, 0.6) is 0 Å². The van der Waals surface area contributed by atoms with Crippen molar-refractivity contribution < 1.29 is 18.8 Å². The summed E-state index contributed by atoms with van der Waals surface area (Å²) in [6, 6.07) is 2.70.